The molecular weight excluding hydrogens is 687 g/mol. The average Bonchev–Trinajstić information content (AvgIpc) is 1.80. The molecule has 0 aromatic rings. The summed E-state index contributed by atoms with van der Waals surface area (Å²) in [5, 5.41) is 0. The Kier molecular flexibility index (Phi) is 7.87. The summed E-state index contributed by atoms with van der Waals surface area (Å²) < 4.78 is -0.691. The summed E-state index contributed by atoms with van der Waals surface area (Å²) in [6.45, 7) is 0. The van der Waals surface area contributed by atoms with Crippen LogP contribution in [0.15, 0.2) is 0 Å². The Balaban J connectivity index is 4.41. The fourth-order valence-electron chi connectivity index (χ4n) is 0.332. The molecule has 8 heteroatoms. The second-order valence-electron chi connectivity index (χ2n) is 1.89. The smallest absolute Gasteiger partial charge is 0.0843 e. The number of hydrogen-bond acceptors (Lipinski definition) is 0. The van der Waals surface area contributed by atoms with Gasteiger partial charge in [-0.1, -0.05) is 127 Å². The molecule has 0 aliphatic heterocycles. The van der Waals surface area contributed by atoms with E-state index in [-0.39, 0.29) is 13.9 Å². The molecule has 0 aliphatic rings. The van der Waals surface area contributed by atoms with Crippen LogP contribution in [0.25, 0.3) is 0 Å². The first-order chi connectivity index (χ1) is 5.07. The van der Waals surface area contributed by atoms with E-state index in [1.165, 1.54) is 0 Å². The molecule has 74 valence electrons. The lowest BCUT2D eigenvalue weighted by Gasteiger charge is -2.29. The molecule has 0 aromatic carbocycles. The van der Waals surface area contributed by atoms with Crippen molar-refractivity contribution in [1.82, 2.24) is 0 Å². The molecule has 0 saturated heterocycles. The van der Waals surface area contributed by atoms with E-state index in [2.05, 4.69) is 127 Å². The normalized spacial score (nSPS) is 19.0. The third kappa shape index (κ3) is 5.80. The van der Waals surface area contributed by atoms with Gasteiger partial charge in [0.25, 0.3) is 0 Å². The second kappa shape index (κ2) is 5.96. The lowest BCUT2D eigenvalue weighted by molar-refractivity contribution is 0.914. The average molecular weight is 689 g/mol. The van der Waals surface area contributed by atoms with Crippen molar-refractivity contribution in [3.05, 3.63) is 0 Å². The minimum atomic E-state index is -0.346. The van der Waals surface area contributed by atoms with Crippen LogP contribution in [-0.4, -0.2) is 13.9 Å². The van der Waals surface area contributed by atoms with Gasteiger partial charge in [0.05, 0.1) is 9.65 Å². The van der Waals surface area contributed by atoms with E-state index in [1.807, 2.05) is 0 Å². The number of hydrogen-bond donors (Lipinski definition) is 0. The van der Waals surface area contributed by atoms with Crippen molar-refractivity contribution in [1.29, 1.82) is 0 Å². The molecule has 0 aliphatic carbocycles. The molecule has 0 N–H and O–H groups in total. The summed E-state index contributed by atoms with van der Waals surface area (Å²) in [7, 11) is 0. The maximum atomic E-state index is 3.52. The third-order valence-electron chi connectivity index (χ3n) is 0.882. The first kappa shape index (κ1) is 15.8. The van der Waals surface area contributed by atoms with Gasteiger partial charge >= 0.3 is 0 Å². The van der Waals surface area contributed by atoms with Crippen molar-refractivity contribution in [2.75, 3.05) is 0 Å². The lowest BCUT2D eigenvalue weighted by Crippen LogP contribution is -2.35. The molecule has 0 spiro atoms. The van der Waals surface area contributed by atoms with E-state index in [0.717, 1.165) is 0 Å². The van der Waals surface area contributed by atoms with Crippen molar-refractivity contribution < 1.29 is 0 Å². The van der Waals surface area contributed by atoms with Crippen LogP contribution in [-0.2, 0) is 0 Å². The SMILES string of the molecule is BrC(C(Br)C(Br)(Br)Br)C(Br)(Br)Br. The molecular formula is C4H2Br8. The van der Waals surface area contributed by atoms with Gasteiger partial charge in [-0.15, -0.1) is 0 Å². The molecule has 0 nitrogen and oxygen atoms in total. The Labute approximate surface area is 139 Å². The van der Waals surface area contributed by atoms with E-state index in [1.54, 1.807) is 0 Å². The van der Waals surface area contributed by atoms with Crippen molar-refractivity contribution in [3.8, 4) is 0 Å². The van der Waals surface area contributed by atoms with Gasteiger partial charge < -0.3 is 0 Å². The minimum Gasteiger partial charge on any atom is -0.0843 e. The van der Waals surface area contributed by atoms with Crippen molar-refractivity contribution in [3.63, 3.8) is 0 Å². The highest BCUT2D eigenvalue weighted by atomic mass is 80.0. The topological polar surface area (TPSA) is 0 Å². The van der Waals surface area contributed by atoms with Gasteiger partial charge in [0.2, 0.25) is 0 Å². The highest BCUT2D eigenvalue weighted by molar-refractivity contribution is 9.40. The van der Waals surface area contributed by atoms with Crippen molar-refractivity contribution in [2.45, 2.75) is 13.9 Å². The summed E-state index contributed by atoms with van der Waals surface area (Å²) in [4.78, 5) is 0.228. The molecule has 0 heterocycles. The molecule has 0 fully saturated rings. The van der Waals surface area contributed by atoms with Crippen LogP contribution in [0.5, 0.6) is 0 Å². The summed E-state index contributed by atoms with van der Waals surface area (Å²) in [6, 6.07) is 0. The van der Waals surface area contributed by atoms with Crippen LogP contribution in [0.2, 0.25) is 0 Å². The van der Waals surface area contributed by atoms with Crippen LogP contribution in [0.4, 0.5) is 0 Å². The zero-order chi connectivity index (χ0) is 10.2. The van der Waals surface area contributed by atoms with Gasteiger partial charge in [0, 0.05) is 0 Å². The van der Waals surface area contributed by atoms with Crippen LogP contribution in [0.3, 0.4) is 0 Å². The largest absolute Gasteiger partial charge is 0.148 e. The Morgan fingerprint density at radius 3 is 0.833 bits per heavy atom. The fourth-order valence-corrected chi connectivity index (χ4v) is 4.84. The summed E-state index contributed by atoms with van der Waals surface area (Å²) in [6.07, 6.45) is 0. The molecule has 2 atom stereocenters. The van der Waals surface area contributed by atoms with E-state index in [9.17, 15) is 0 Å². The molecule has 0 bridgehead atoms. The van der Waals surface area contributed by atoms with Gasteiger partial charge in [-0.05, 0) is 0 Å². The zero-order valence-electron chi connectivity index (χ0n) is 5.18. The first-order valence-electron chi connectivity index (χ1n) is 2.48. The molecule has 0 radical (unpaired) electrons. The summed E-state index contributed by atoms with van der Waals surface area (Å²) in [5.41, 5.74) is 0. The predicted molar refractivity (Wildman–Crippen MR) is 84.5 cm³/mol. The Morgan fingerprint density at radius 2 is 0.750 bits per heavy atom. The molecule has 0 amide bonds. The van der Waals surface area contributed by atoms with E-state index in [0.29, 0.717) is 0 Å². The maximum Gasteiger partial charge on any atom is 0.148 e. The zero-order valence-corrected chi connectivity index (χ0v) is 17.9. The number of alkyl halides is 8. The molecule has 0 aromatic heterocycles. The van der Waals surface area contributed by atoms with Crippen molar-refractivity contribution in [2.24, 2.45) is 0 Å². The summed E-state index contributed by atoms with van der Waals surface area (Å²) >= 11 is 27.6. The maximum absolute atomic E-state index is 3.52. The number of halogens is 8. The van der Waals surface area contributed by atoms with E-state index >= 15 is 0 Å². The van der Waals surface area contributed by atoms with Gasteiger partial charge in [-0.25, -0.2) is 0 Å². The first-order valence-corrected chi connectivity index (χ1v) is 9.07. The molecule has 0 rings (SSSR count). The van der Waals surface area contributed by atoms with Crippen LogP contribution in [0.1, 0.15) is 0 Å². The van der Waals surface area contributed by atoms with Gasteiger partial charge in [0.1, 0.15) is 4.29 Å². The Bertz CT molecular complexity index is 124. The highest BCUT2D eigenvalue weighted by Gasteiger charge is 2.42. The predicted octanol–water partition coefficient (Wildman–Crippen LogP) is 6.19. The molecule has 2 unspecified atom stereocenters. The number of rotatable bonds is 1. The van der Waals surface area contributed by atoms with E-state index < -0.39 is 0 Å². The Hall–Kier alpha value is 3.84. The highest BCUT2D eigenvalue weighted by Crippen LogP contribution is 2.51. The molecule has 0 saturated carbocycles. The second-order valence-corrected chi connectivity index (χ2v) is 17.7. The van der Waals surface area contributed by atoms with E-state index in [4.69, 9.17) is 0 Å². The Morgan fingerprint density at radius 1 is 0.583 bits per heavy atom. The fraction of sp³-hybridized carbons (Fsp3) is 1.00. The van der Waals surface area contributed by atoms with Crippen LogP contribution in [0, 0.1) is 0 Å². The van der Waals surface area contributed by atoms with Gasteiger partial charge in [0.15, 0.2) is 0 Å². The van der Waals surface area contributed by atoms with Crippen molar-refractivity contribution >= 4 is 127 Å². The lowest BCUT2D eigenvalue weighted by atomic mass is 10.4. The van der Waals surface area contributed by atoms with Crippen LogP contribution >= 0.6 is 127 Å². The quantitative estimate of drug-likeness (QED) is 0.289. The third-order valence-corrected chi connectivity index (χ3v) is 10.7. The van der Waals surface area contributed by atoms with Gasteiger partial charge in [-0.3, -0.25) is 0 Å². The van der Waals surface area contributed by atoms with Crippen LogP contribution < -0.4 is 0 Å². The standard InChI is InChI=1S/C4H2Br8/c5-1(3(7,8)9)2(6)4(10,11)12/h1-2H. The molecule has 12 heavy (non-hydrogen) atoms. The monoisotopic (exact) mass is 681 g/mol. The minimum absolute atomic E-state index is 0.114. The summed E-state index contributed by atoms with van der Waals surface area (Å²) in [5.74, 6) is 0. The van der Waals surface area contributed by atoms with Gasteiger partial charge in [-0.2, -0.15) is 0 Å².